The van der Waals surface area contributed by atoms with Crippen LogP contribution in [0, 0.1) is 5.92 Å². The van der Waals surface area contributed by atoms with Crippen molar-refractivity contribution in [3.05, 3.63) is 10.0 Å². The second kappa shape index (κ2) is 6.37. The number of amides is 1. The van der Waals surface area contributed by atoms with Crippen LogP contribution in [0.1, 0.15) is 31.4 Å². The first kappa shape index (κ1) is 14.2. The van der Waals surface area contributed by atoms with Crippen LogP contribution in [0.3, 0.4) is 0 Å². The van der Waals surface area contributed by atoms with Gasteiger partial charge in [0.25, 0.3) is 0 Å². The van der Waals surface area contributed by atoms with Crippen LogP contribution >= 0.6 is 23.1 Å². The van der Waals surface area contributed by atoms with Crippen molar-refractivity contribution in [3.63, 3.8) is 0 Å². The van der Waals surface area contributed by atoms with Crippen molar-refractivity contribution in [2.24, 2.45) is 5.92 Å². The van der Waals surface area contributed by atoms with Crippen molar-refractivity contribution in [1.82, 2.24) is 19.4 Å². The molecular formula is C13H19ClN4OS. The molecule has 0 radical (unpaired) electrons. The van der Waals surface area contributed by atoms with Crippen LogP contribution in [0.2, 0.25) is 4.34 Å². The van der Waals surface area contributed by atoms with E-state index in [2.05, 4.69) is 14.5 Å². The lowest BCUT2D eigenvalue weighted by atomic mass is 9.95. The van der Waals surface area contributed by atoms with E-state index in [0.717, 1.165) is 51.3 Å². The SMILES string of the molecule is O=C(C1CCN(Cc2nnsc2Cl)CC1)N1CCCC1. The summed E-state index contributed by atoms with van der Waals surface area (Å²) in [5, 5.41) is 4.05. The molecule has 2 aliphatic heterocycles. The van der Waals surface area contributed by atoms with E-state index >= 15 is 0 Å². The number of nitrogens with zero attached hydrogens (tertiary/aromatic N) is 4. The van der Waals surface area contributed by atoms with Crippen molar-refractivity contribution >= 4 is 29.0 Å². The van der Waals surface area contributed by atoms with Gasteiger partial charge in [-0.25, -0.2) is 0 Å². The van der Waals surface area contributed by atoms with Crippen LogP contribution in [0.25, 0.3) is 0 Å². The van der Waals surface area contributed by atoms with Gasteiger partial charge in [-0.3, -0.25) is 9.69 Å². The van der Waals surface area contributed by atoms with Crippen LogP contribution in [-0.2, 0) is 11.3 Å². The Bertz CT molecular complexity index is 467. The lowest BCUT2D eigenvalue weighted by Gasteiger charge is -2.32. The standard InChI is InChI=1S/C13H19ClN4OS/c14-12-11(15-16-20-12)9-17-7-3-10(4-8-17)13(19)18-5-1-2-6-18/h10H,1-9H2. The molecule has 3 rings (SSSR count). The number of carbonyl (C=O) groups excluding carboxylic acids is 1. The highest BCUT2D eigenvalue weighted by Gasteiger charge is 2.30. The van der Waals surface area contributed by atoms with Gasteiger partial charge < -0.3 is 4.90 Å². The van der Waals surface area contributed by atoms with E-state index in [-0.39, 0.29) is 5.92 Å². The van der Waals surface area contributed by atoms with Crippen LogP contribution in [0.5, 0.6) is 0 Å². The molecule has 1 aromatic rings. The van der Waals surface area contributed by atoms with Crippen molar-refractivity contribution in [2.45, 2.75) is 32.2 Å². The molecule has 0 bridgehead atoms. The minimum atomic E-state index is 0.216. The van der Waals surface area contributed by atoms with E-state index in [1.165, 1.54) is 24.4 Å². The highest BCUT2D eigenvalue weighted by molar-refractivity contribution is 7.10. The van der Waals surface area contributed by atoms with E-state index in [9.17, 15) is 4.79 Å². The molecule has 2 saturated heterocycles. The van der Waals surface area contributed by atoms with E-state index in [1.54, 1.807) is 0 Å². The van der Waals surface area contributed by atoms with Gasteiger partial charge in [-0.2, -0.15) is 0 Å². The fourth-order valence-corrected chi connectivity index (χ4v) is 3.65. The van der Waals surface area contributed by atoms with Crippen molar-refractivity contribution in [2.75, 3.05) is 26.2 Å². The average Bonchev–Trinajstić information content (AvgIpc) is 3.12. The van der Waals surface area contributed by atoms with E-state index in [0.29, 0.717) is 10.2 Å². The molecule has 0 saturated carbocycles. The number of rotatable bonds is 3. The quantitative estimate of drug-likeness (QED) is 0.856. The molecule has 5 nitrogen and oxygen atoms in total. The van der Waals surface area contributed by atoms with Crippen molar-refractivity contribution < 1.29 is 4.79 Å². The fraction of sp³-hybridized carbons (Fsp3) is 0.769. The Balaban J connectivity index is 1.49. The van der Waals surface area contributed by atoms with Gasteiger partial charge in [-0.15, -0.1) is 5.10 Å². The molecule has 3 heterocycles. The molecule has 0 aliphatic carbocycles. The predicted octanol–water partition coefficient (Wildman–Crippen LogP) is 2.03. The smallest absolute Gasteiger partial charge is 0.225 e. The third-order valence-electron chi connectivity index (χ3n) is 4.24. The Morgan fingerprint density at radius 3 is 2.55 bits per heavy atom. The number of halogens is 1. The highest BCUT2D eigenvalue weighted by atomic mass is 35.5. The lowest BCUT2D eigenvalue weighted by molar-refractivity contribution is -0.136. The first-order valence-corrected chi connectivity index (χ1v) is 8.37. The van der Waals surface area contributed by atoms with Gasteiger partial charge in [0.05, 0.1) is 0 Å². The topological polar surface area (TPSA) is 49.3 Å². The van der Waals surface area contributed by atoms with Crippen LogP contribution in [-0.4, -0.2) is 51.5 Å². The number of hydrogen-bond acceptors (Lipinski definition) is 5. The Morgan fingerprint density at radius 1 is 1.25 bits per heavy atom. The van der Waals surface area contributed by atoms with Crippen molar-refractivity contribution in [3.8, 4) is 0 Å². The third kappa shape index (κ3) is 3.13. The normalized spacial score (nSPS) is 21.6. The van der Waals surface area contributed by atoms with Crippen LogP contribution < -0.4 is 0 Å². The molecule has 0 aromatic carbocycles. The molecule has 0 atom stereocenters. The summed E-state index contributed by atoms with van der Waals surface area (Å²) in [5.74, 6) is 0.587. The Morgan fingerprint density at radius 2 is 1.95 bits per heavy atom. The minimum Gasteiger partial charge on any atom is -0.342 e. The Kier molecular flexibility index (Phi) is 4.53. The molecule has 0 N–H and O–H groups in total. The summed E-state index contributed by atoms with van der Waals surface area (Å²) in [5.41, 5.74) is 0.862. The number of carbonyl (C=O) groups is 1. The second-order valence-electron chi connectivity index (χ2n) is 5.58. The van der Waals surface area contributed by atoms with Gasteiger partial charge in [0.1, 0.15) is 10.0 Å². The largest absolute Gasteiger partial charge is 0.342 e. The highest BCUT2D eigenvalue weighted by Crippen LogP contribution is 2.25. The zero-order valence-electron chi connectivity index (χ0n) is 11.4. The second-order valence-corrected chi connectivity index (χ2v) is 6.93. The molecule has 0 spiro atoms. The third-order valence-corrected chi connectivity index (χ3v) is 5.22. The van der Waals surface area contributed by atoms with E-state index < -0.39 is 0 Å². The average molecular weight is 315 g/mol. The summed E-state index contributed by atoms with van der Waals surface area (Å²) < 4.78 is 4.54. The van der Waals surface area contributed by atoms with E-state index in [4.69, 9.17) is 11.6 Å². The minimum absolute atomic E-state index is 0.216. The predicted molar refractivity (Wildman–Crippen MR) is 78.7 cm³/mol. The molecule has 110 valence electrons. The monoisotopic (exact) mass is 314 g/mol. The molecule has 1 aromatic heterocycles. The maximum Gasteiger partial charge on any atom is 0.225 e. The maximum absolute atomic E-state index is 12.3. The van der Waals surface area contributed by atoms with Gasteiger partial charge in [0.2, 0.25) is 5.91 Å². The lowest BCUT2D eigenvalue weighted by Crippen LogP contribution is -2.41. The number of likely N-dealkylation sites (tertiary alicyclic amines) is 2. The van der Waals surface area contributed by atoms with Crippen LogP contribution in [0.4, 0.5) is 0 Å². The maximum atomic E-state index is 12.3. The van der Waals surface area contributed by atoms with Crippen molar-refractivity contribution in [1.29, 1.82) is 0 Å². The number of hydrogen-bond donors (Lipinski definition) is 0. The molecule has 7 heteroatoms. The zero-order valence-corrected chi connectivity index (χ0v) is 13.0. The first-order valence-electron chi connectivity index (χ1n) is 7.22. The summed E-state index contributed by atoms with van der Waals surface area (Å²) in [6.45, 7) is 4.55. The Hall–Kier alpha value is -0.720. The van der Waals surface area contributed by atoms with Gasteiger partial charge in [0, 0.05) is 37.1 Å². The molecule has 0 unspecified atom stereocenters. The number of aromatic nitrogens is 2. The molecular weight excluding hydrogens is 296 g/mol. The van der Waals surface area contributed by atoms with E-state index in [1.807, 2.05) is 4.90 Å². The Labute approximate surface area is 128 Å². The summed E-state index contributed by atoms with van der Waals surface area (Å²) in [4.78, 5) is 16.7. The molecule has 20 heavy (non-hydrogen) atoms. The van der Waals surface area contributed by atoms with Gasteiger partial charge >= 0.3 is 0 Å². The summed E-state index contributed by atoms with van der Waals surface area (Å²) >= 11 is 7.26. The van der Waals surface area contributed by atoms with Gasteiger partial charge in [-0.05, 0) is 38.8 Å². The summed E-state index contributed by atoms with van der Waals surface area (Å²) in [6, 6.07) is 0. The molecule has 2 fully saturated rings. The van der Waals surface area contributed by atoms with Gasteiger partial charge in [0.15, 0.2) is 0 Å². The zero-order chi connectivity index (χ0) is 13.9. The molecule has 1 amide bonds. The van der Waals surface area contributed by atoms with Gasteiger partial charge in [-0.1, -0.05) is 16.1 Å². The first-order chi connectivity index (χ1) is 9.74. The molecule has 2 aliphatic rings. The summed E-state index contributed by atoms with van der Waals surface area (Å²) in [6.07, 6.45) is 4.23. The fourth-order valence-electron chi connectivity index (χ4n) is 3.04. The summed E-state index contributed by atoms with van der Waals surface area (Å²) in [7, 11) is 0. The number of piperidine rings is 1. The van der Waals surface area contributed by atoms with Crippen LogP contribution in [0.15, 0.2) is 0 Å².